The summed E-state index contributed by atoms with van der Waals surface area (Å²) in [6, 6.07) is 0. The molecule has 1 fully saturated rings. The molecule has 1 aliphatic heterocycles. The molecule has 3 nitrogen and oxygen atoms in total. The van der Waals surface area contributed by atoms with E-state index in [2.05, 4.69) is 5.32 Å². The fourth-order valence-electron chi connectivity index (χ4n) is 0.890. The van der Waals surface area contributed by atoms with E-state index in [1.165, 1.54) is 0 Å². The number of nitrogens with one attached hydrogen (secondary N) is 1. The predicted octanol–water partition coefficient (Wildman–Crippen LogP) is -0.787. The summed E-state index contributed by atoms with van der Waals surface area (Å²) >= 11 is 0. The van der Waals surface area contributed by atoms with E-state index in [0.29, 0.717) is 12.5 Å². The average Bonchev–Trinajstić information content (AvgIpc) is 1.60. The van der Waals surface area contributed by atoms with Gasteiger partial charge in [-0.1, -0.05) is 0 Å². The molecule has 0 aromatic carbocycles. The lowest BCUT2D eigenvalue weighted by molar-refractivity contribution is 0.00856. The zero-order valence-corrected chi connectivity index (χ0v) is 5.63. The Kier molecular flexibility index (Phi) is 2.45. The number of ether oxygens (including phenoxy) is 1. The molecule has 0 bridgehead atoms. The van der Waals surface area contributed by atoms with Crippen LogP contribution in [0.5, 0.6) is 0 Å². The fourth-order valence-corrected chi connectivity index (χ4v) is 0.890. The van der Waals surface area contributed by atoms with E-state index >= 15 is 0 Å². The summed E-state index contributed by atoms with van der Waals surface area (Å²) in [5, 5.41) is 12.3. The van der Waals surface area contributed by atoms with E-state index in [1.54, 1.807) is 7.11 Å². The van der Waals surface area contributed by atoms with Crippen molar-refractivity contribution in [3.8, 4) is 0 Å². The summed E-state index contributed by atoms with van der Waals surface area (Å²) < 4.78 is 4.78. The van der Waals surface area contributed by atoms with E-state index in [-0.39, 0.29) is 6.10 Å². The van der Waals surface area contributed by atoms with Crippen LogP contribution in [0.3, 0.4) is 0 Å². The van der Waals surface area contributed by atoms with Crippen LogP contribution in [0.15, 0.2) is 0 Å². The highest BCUT2D eigenvalue weighted by Crippen LogP contribution is 2.08. The Balaban J connectivity index is 2.08. The van der Waals surface area contributed by atoms with Gasteiger partial charge in [0.2, 0.25) is 0 Å². The number of aliphatic hydroxyl groups excluding tert-OH is 1. The van der Waals surface area contributed by atoms with Crippen molar-refractivity contribution in [3.63, 3.8) is 0 Å². The fraction of sp³-hybridized carbons (Fsp3) is 1.00. The van der Waals surface area contributed by atoms with Gasteiger partial charge in [-0.05, 0) is 0 Å². The normalized spacial score (nSPS) is 23.3. The van der Waals surface area contributed by atoms with Crippen LogP contribution in [0.2, 0.25) is 0 Å². The van der Waals surface area contributed by atoms with Gasteiger partial charge < -0.3 is 15.2 Å². The second-order valence-electron chi connectivity index (χ2n) is 2.44. The molecule has 2 N–H and O–H groups in total. The minimum atomic E-state index is -0.267. The molecule has 0 radical (unpaired) electrons. The second-order valence-corrected chi connectivity index (χ2v) is 2.44. The van der Waals surface area contributed by atoms with Crippen molar-refractivity contribution < 1.29 is 9.84 Å². The van der Waals surface area contributed by atoms with E-state index in [0.717, 1.165) is 13.1 Å². The van der Waals surface area contributed by atoms with Gasteiger partial charge in [0, 0.05) is 26.1 Å². The van der Waals surface area contributed by atoms with Crippen LogP contribution in [0, 0.1) is 5.92 Å². The van der Waals surface area contributed by atoms with Crippen molar-refractivity contribution in [3.05, 3.63) is 0 Å². The first-order valence-electron chi connectivity index (χ1n) is 3.22. The van der Waals surface area contributed by atoms with Gasteiger partial charge >= 0.3 is 0 Å². The second kappa shape index (κ2) is 3.15. The van der Waals surface area contributed by atoms with Gasteiger partial charge in [0.15, 0.2) is 0 Å². The van der Waals surface area contributed by atoms with Crippen LogP contribution in [-0.4, -0.2) is 38.0 Å². The summed E-state index contributed by atoms with van der Waals surface area (Å²) in [7, 11) is 1.61. The Morgan fingerprint density at radius 2 is 2.44 bits per heavy atom. The van der Waals surface area contributed by atoms with Crippen molar-refractivity contribution in [2.45, 2.75) is 6.10 Å². The van der Waals surface area contributed by atoms with Crippen LogP contribution in [0.4, 0.5) is 0 Å². The quantitative estimate of drug-likeness (QED) is 0.527. The van der Waals surface area contributed by atoms with Crippen molar-refractivity contribution in [2.24, 2.45) is 5.92 Å². The molecule has 1 aliphatic rings. The Morgan fingerprint density at radius 1 is 1.78 bits per heavy atom. The van der Waals surface area contributed by atoms with Crippen LogP contribution in [-0.2, 0) is 4.74 Å². The molecule has 0 aromatic rings. The van der Waals surface area contributed by atoms with Crippen molar-refractivity contribution in [2.75, 3.05) is 26.8 Å². The minimum absolute atomic E-state index is 0.267. The molecule has 1 saturated heterocycles. The maximum atomic E-state index is 9.20. The van der Waals surface area contributed by atoms with Gasteiger partial charge in [0.25, 0.3) is 0 Å². The molecule has 3 heteroatoms. The highest BCUT2D eigenvalue weighted by Gasteiger charge is 2.24. The SMILES string of the molecule is COCC(O)C1CNC1. The molecule has 0 saturated carbocycles. The Morgan fingerprint density at radius 3 is 2.78 bits per heavy atom. The van der Waals surface area contributed by atoms with Gasteiger partial charge in [-0.2, -0.15) is 0 Å². The van der Waals surface area contributed by atoms with Crippen LogP contribution < -0.4 is 5.32 Å². The van der Waals surface area contributed by atoms with Crippen molar-refractivity contribution in [1.29, 1.82) is 0 Å². The third-order valence-corrected chi connectivity index (χ3v) is 1.69. The van der Waals surface area contributed by atoms with Gasteiger partial charge in [-0.15, -0.1) is 0 Å². The summed E-state index contributed by atoms with van der Waals surface area (Å²) in [4.78, 5) is 0. The molecular formula is C6H13NO2. The topological polar surface area (TPSA) is 41.5 Å². The predicted molar refractivity (Wildman–Crippen MR) is 34.2 cm³/mol. The molecule has 1 heterocycles. The van der Waals surface area contributed by atoms with Gasteiger partial charge in [0.1, 0.15) is 0 Å². The van der Waals surface area contributed by atoms with Crippen molar-refractivity contribution >= 4 is 0 Å². The minimum Gasteiger partial charge on any atom is -0.390 e. The first kappa shape index (κ1) is 6.99. The number of rotatable bonds is 3. The van der Waals surface area contributed by atoms with Gasteiger partial charge in [0.05, 0.1) is 12.7 Å². The Bertz CT molecular complexity index is 83.1. The molecule has 0 aromatic heterocycles. The third-order valence-electron chi connectivity index (χ3n) is 1.69. The van der Waals surface area contributed by atoms with E-state index in [1.807, 2.05) is 0 Å². The molecule has 54 valence electrons. The Labute approximate surface area is 55.0 Å². The summed E-state index contributed by atoms with van der Waals surface area (Å²) in [5.41, 5.74) is 0. The molecule has 0 aliphatic carbocycles. The smallest absolute Gasteiger partial charge is 0.0825 e. The molecule has 0 amide bonds. The number of methoxy groups -OCH3 is 1. The molecule has 0 spiro atoms. The zero-order chi connectivity index (χ0) is 6.69. The lowest BCUT2D eigenvalue weighted by Gasteiger charge is -2.30. The number of hydrogen-bond donors (Lipinski definition) is 2. The molecule has 9 heavy (non-hydrogen) atoms. The number of aliphatic hydroxyl groups is 1. The lowest BCUT2D eigenvalue weighted by atomic mass is 9.97. The first-order chi connectivity index (χ1) is 4.34. The third kappa shape index (κ3) is 1.64. The molecule has 1 rings (SSSR count). The van der Waals surface area contributed by atoms with Crippen LogP contribution in [0.1, 0.15) is 0 Å². The van der Waals surface area contributed by atoms with E-state index in [4.69, 9.17) is 4.74 Å². The largest absolute Gasteiger partial charge is 0.390 e. The lowest BCUT2D eigenvalue weighted by Crippen LogP contribution is -2.49. The average molecular weight is 131 g/mol. The van der Waals surface area contributed by atoms with Gasteiger partial charge in [-0.25, -0.2) is 0 Å². The summed E-state index contributed by atoms with van der Waals surface area (Å²) in [6.07, 6.45) is -0.267. The molecule has 1 atom stereocenters. The maximum absolute atomic E-state index is 9.20. The summed E-state index contributed by atoms with van der Waals surface area (Å²) in [5.74, 6) is 0.421. The van der Waals surface area contributed by atoms with E-state index < -0.39 is 0 Å². The highest BCUT2D eigenvalue weighted by atomic mass is 16.5. The highest BCUT2D eigenvalue weighted by molar-refractivity contribution is 4.80. The van der Waals surface area contributed by atoms with E-state index in [9.17, 15) is 5.11 Å². The standard InChI is InChI=1S/C6H13NO2/c1-9-4-6(8)5-2-7-3-5/h5-8H,2-4H2,1H3. The van der Waals surface area contributed by atoms with Crippen LogP contribution in [0.25, 0.3) is 0 Å². The first-order valence-corrected chi connectivity index (χ1v) is 3.22. The van der Waals surface area contributed by atoms with Crippen LogP contribution >= 0.6 is 0 Å². The summed E-state index contributed by atoms with van der Waals surface area (Å²) in [6.45, 7) is 2.33. The Hall–Kier alpha value is -0.120. The van der Waals surface area contributed by atoms with Crippen molar-refractivity contribution in [1.82, 2.24) is 5.32 Å². The van der Waals surface area contributed by atoms with Gasteiger partial charge in [-0.3, -0.25) is 0 Å². The molecular weight excluding hydrogens is 118 g/mol. The maximum Gasteiger partial charge on any atom is 0.0825 e. The zero-order valence-electron chi connectivity index (χ0n) is 5.63. The molecule has 1 unspecified atom stereocenters. The number of hydrogen-bond acceptors (Lipinski definition) is 3. The monoisotopic (exact) mass is 131 g/mol.